The maximum atomic E-state index is 6.25. The lowest BCUT2D eigenvalue weighted by molar-refractivity contribution is 0.557. The molecule has 2 nitrogen and oxygen atoms in total. The molecule has 0 aliphatic carbocycles. The summed E-state index contributed by atoms with van der Waals surface area (Å²) in [6.07, 6.45) is 2.15. The minimum atomic E-state index is -0.297. The van der Waals surface area contributed by atoms with Gasteiger partial charge in [-0.25, -0.2) is 0 Å². The van der Waals surface area contributed by atoms with E-state index in [0.717, 1.165) is 0 Å². The van der Waals surface area contributed by atoms with E-state index in [1.54, 1.807) is 0 Å². The van der Waals surface area contributed by atoms with E-state index in [1.165, 1.54) is 22.0 Å². The van der Waals surface area contributed by atoms with Gasteiger partial charge in [0.15, 0.2) is 0 Å². The van der Waals surface area contributed by atoms with E-state index in [-0.39, 0.29) is 5.54 Å². The summed E-state index contributed by atoms with van der Waals surface area (Å²) < 4.78 is 2.16. The first-order valence-corrected chi connectivity index (χ1v) is 6.19. The minimum Gasteiger partial charge on any atom is -0.350 e. The molecule has 1 heterocycles. The third-order valence-corrected chi connectivity index (χ3v) is 3.37. The van der Waals surface area contributed by atoms with Crippen LogP contribution in [0, 0.1) is 0 Å². The summed E-state index contributed by atoms with van der Waals surface area (Å²) in [6.45, 7) is 8.56. The number of hydrogen-bond acceptors (Lipinski definition) is 1. The van der Waals surface area contributed by atoms with Crippen LogP contribution in [-0.2, 0) is 12.6 Å². The van der Waals surface area contributed by atoms with E-state index in [4.69, 9.17) is 5.73 Å². The second-order valence-electron chi connectivity index (χ2n) is 5.81. The fourth-order valence-electron chi connectivity index (χ4n) is 2.28. The average molecular weight is 230 g/mol. The van der Waals surface area contributed by atoms with Crippen molar-refractivity contribution in [2.24, 2.45) is 12.8 Å². The molecule has 0 atom stereocenters. The molecule has 0 fully saturated rings. The molecule has 0 unspecified atom stereocenters. The largest absolute Gasteiger partial charge is 0.350 e. The lowest BCUT2D eigenvalue weighted by Crippen LogP contribution is -2.28. The van der Waals surface area contributed by atoms with Gasteiger partial charge < -0.3 is 10.3 Å². The van der Waals surface area contributed by atoms with Crippen LogP contribution in [-0.4, -0.2) is 4.57 Å². The van der Waals surface area contributed by atoms with Crippen molar-refractivity contribution in [2.75, 3.05) is 0 Å². The van der Waals surface area contributed by atoms with Gasteiger partial charge >= 0.3 is 0 Å². The second-order valence-corrected chi connectivity index (χ2v) is 5.81. The first kappa shape index (κ1) is 12.2. The normalized spacial score (nSPS) is 12.6. The van der Waals surface area contributed by atoms with E-state index in [1.807, 2.05) is 0 Å². The van der Waals surface area contributed by atoms with Crippen molar-refractivity contribution in [1.82, 2.24) is 4.57 Å². The quantitative estimate of drug-likeness (QED) is 0.841. The zero-order valence-electron chi connectivity index (χ0n) is 11.4. The van der Waals surface area contributed by atoms with Crippen LogP contribution in [0.5, 0.6) is 0 Å². The highest BCUT2D eigenvalue weighted by Crippen LogP contribution is 2.30. The monoisotopic (exact) mass is 230 g/mol. The number of hydrogen-bond donors (Lipinski definition) is 1. The van der Waals surface area contributed by atoms with Gasteiger partial charge in [0.05, 0.1) is 0 Å². The number of aryl methyl sites for hydroxylation is 1. The second kappa shape index (κ2) is 3.88. The van der Waals surface area contributed by atoms with Crippen molar-refractivity contribution in [2.45, 2.75) is 39.2 Å². The molecule has 0 saturated carbocycles. The van der Waals surface area contributed by atoms with Crippen molar-refractivity contribution >= 4 is 10.9 Å². The highest BCUT2D eigenvalue weighted by Gasteiger charge is 2.20. The molecule has 0 saturated heterocycles. The Labute approximate surface area is 103 Å². The van der Waals surface area contributed by atoms with Gasteiger partial charge in [0.2, 0.25) is 0 Å². The van der Waals surface area contributed by atoms with Crippen LogP contribution in [0.2, 0.25) is 0 Å². The minimum absolute atomic E-state index is 0.297. The summed E-state index contributed by atoms with van der Waals surface area (Å²) in [6, 6.07) is 6.68. The van der Waals surface area contributed by atoms with Gasteiger partial charge in [-0.15, -0.1) is 0 Å². The summed E-state index contributed by atoms with van der Waals surface area (Å²) in [5.74, 6) is 0.549. The van der Waals surface area contributed by atoms with Crippen LogP contribution in [0.1, 0.15) is 44.7 Å². The third-order valence-electron chi connectivity index (χ3n) is 3.37. The first-order valence-electron chi connectivity index (χ1n) is 6.19. The number of benzene rings is 1. The Kier molecular flexibility index (Phi) is 2.78. The highest BCUT2D eigenvalue weighted by molar-refractivity contribution is 5.85. The molecule has 2 heteroatoms. The number of fused-ring (bicyclic) bond motifs is 1. The Hall–Kier alpha value is -1.28. The van der Waals surface area contributed by atoms with E-state index >= 15 is 0 Å². The maximum absolute atomic E-state index is 6.25. The number of rotatable bonds is 2. The zero-order valence-corrected chi connectivity index (χ0v) is 11.4. The van der Waals surface area contributed by atoms with E-state index in [9.17, 15) is 0 Å². The Morgan fingerprint density at radius 1 is 1.24 bits per heavy atom. The smallest absolute Gasteiger partial charge is 0.0481 e. The average Bonchev–Trinajstić information content (AvgIpc) is 2.55. The molecule has 0 aliphatic rings. The topological polar surface area (TPSA) is 30.9 Å². The molecule has 0 radical (unpaired) electrons. The van der Waals surface area contributed by atoms with Crippen molar-refractivity contribution in [3.05, 3.63) is 35.5 Å². The van der Waals surface area contributed by atoms with Gasteiger partial charge in [0, 0.05) is 29.7 Å². The van der Waals surface area contributed by atoms with Gasteiger partial charge in [0.25, 0.3) is 0 Å². The van der Waals surface area contributed by atoms with Crippen LogP contribution in [0.15, 0.2) is 24.4 Å². The molecule has 0 bridgehead atoms. The Morgan fingerprint density at radius 2 is 1.88 bits per heavy atom. The molecule has 2 aromatic rings. The zero-order chi connectivity index (χ0) is 12.8. The highest BCUT2D eigenvalue weighted by atomic mass is 14.9. The van der Waals surface area contributed by atoms with Gasteiger partial charge in [-0.05, 0) is 43.0 Å². The van der Waals surface area contributed by atoms with Crippen molar-refractivity contribution in [3.8, 4) is 0 Å². The van der Waals surface area contributed by atoms with Crippen LogP contribution in [0.3, 0.4) is 0 Å². The molecular weight excluding hydrogens is 208 g/mol. The fourth-order valence-corrected chi connectivity index (χ4v) is 2.28. The molecule has 17 heavy (non-hydrogen) atoms. The van der Waals surface area contributed by atoms with Gasteiger partial charge in [-0.2, -0.15) is 0 Å². The molecule has 1 aromatic heterocycles. The SMILES string of the molecule is CC(C)c1ccc2c(c1)c(C(C)(C)N)cn2C. The number of nitrogens with two attached hydrogens (primary N) is 1. The summed E-state index contributed by atoms with van der Waals surface area (Å²) in [5, 5.41) is 1.28. The Bertz CT molecular complexity index is 542. The van der Waals surface area contributed by atoms with Crippen LogP contribution in [0.4, 0.5) is 0 Å². The van der Waals surface area contributed by atoms with E-state index < -0.39 is 0 Å². The van der Waals surface area contributed by atoms with Crippen LogP contribution >= 0.6 is 0 Å². The van der Waals surface area contributed by atoms with Crippen molar-refractivity contribution < 1.29 is 0 Å². The Morgan fingerprint density at radius 3 is 2.41 bits per heavy atom. The molecule has 92 valence electrons. The Balaban J connectivity index is 2.73. The van der Waals surface area contributed by atoms with Gasteiger partial charge in [-0.3, -0.25) is 0 Å². The number of nitrogens with zero attached hydrogens (tertiary/aromatic N) is 1. The van der Waals surface area contributed by atoms with Crippen LogP contribution in [0.25, 0.3) is 10.9 Å². The predicted octanol–water partition coefficient (Wildman–Crippen LogP) is 3.50. The molecule has 0 amide bonds. The summed E-state index contributed by atoms with van der Waals surface area (Å²) in [4.78, 5) is 0. The van der Waals surface area contributed by atoms with Crippen molar-refractivity contribution in [3.63, 3.8) is 0 Å². The lowest BCUT2D eigenvalue weighted by Gasteiger charge is -2.18. The molecular formula is C15H22N2. The van der Waals surface area contributed by atoms with Crippen molar-refractivity contribution in [1.29, 1.82) is 0 Å². The molecule has 0 aliphatic heterocycles. The molecule has 1 aromatic carbocycles. The molecule has 2 N–H and O–H groups in total. The van der Waals surface area contributed by atoms with Gasteiger partial charge in [-0.1, -0.05) is 19.9 Å². The fraction of sp³-hybridized carbons (Fsp3) is 0.467. The summed E-state index contributed by atoms with van der Waals surface area (Å²) in [7, 11) is 2.08. The van der Waals surface area contributed by atoms with E-state index in [2.05, 4.69) is 63.7 Å². The third kappa shape index (κ3) is 2.09. The van der Waals surface area contributed by atoms with Crippen LogP contribution < -0.4 is 5.73 Å². The maximum Gasteiger partial charge on any atom is 0.0481 e. The summed E-state index contributed by atoms with van der Waals surface area (Å²) in [5.41, 5.74) is 9.79. The predicted molar refractivity (Wildman–Crippen MR) is 74.2 cm³/mol. The molecule has 0 spiro atoms. The standard InChI is InChI=1S/C15H22N2/c1-10(2)11-6-7-14-12(8-11)13(9-17(14)5)15(3,4)16/h6-10H,16H2,1-5H3. The molecule has 2 rings (SSSR count). The van der Waals surface area contributed by atoms with E-state index in [0.29, 0.717) is 5.92 Å². The lowest BCUT2D eigenvalue weighted by atomic mass is 9.93. The summed E-state index contributed by atoms with van der Waals surface area (Å²) >= 11 is 0. The number of aromatic nitrogens is 1. The van der Waals surface area contributed by atoms with Gasteiger partial charge in [0.1, 0.15) is 0 Å². The first-order chi connectivity index (χ1) is 7.80.